The third-order valence-electron chi connectivity index (χ3n) is 3.68. The van der Waals surface area contributed by atoms with E-state index in [1.165, 1.54) is 0 Å². The van der Waals surface area contributed by atoms with Gasteiger partial charge in [-0.05, 0) is 42.7 Å². The maximum absolute atomic E-state index is 9.24. The number of aryl methyl sites for hydroxylation is 1. The quantitative estimate of drug-likeness (QED) is 0.589. The van der Waals surface area contributed by atoms with Crippen LogP contribution in [-0.4, -0.2) is 24.8 Å². The van der Waals surface area contributed by atoms with Gasteiger partial charge in [0.1, 0.15) is 0 Å². The summed E-state index contributed by atoms with van der Waals surface area (Å²) in [6.45, 7) is 4.97. The minimum Gasteiger partial charge on any atom is -0.366 e. The van der Waals surface area contributed by atoms with Crippen molar-refractivity contribution < 1.29 is 0 Å². The van der Waals surface area contributed by atoms with Gasteiger partial charge in [-0.25, -0.2) is 4.99 Å². The van der Waals surface area contributed by atoms with E-state index in [4.69, 9.17) is 11.6 Å². The number of benzene rings is 2. The molecule has 0 fully saturated rings. The van der Waals surface area contributed by atoms with Gasteiger partial charge >= 0.3 is 0 Å². The summed E-state index contributed by atoms with van der Waals surface area (Å²) in [4.78, 5) is 6.48. The van der Waals surface area contributed by atoms with Gasteiger partial charge in [-0.3, -0.25) is 0 Å². The normalized spacial score (nSPS) is 10.7. The highest BCUT2D eigenvalue weighted by molar-refractivity contribution is 6.33. The van der Waals surface area contributed by atoms with Crippen LogP contribution in [0.3, 0.4) is 0 Å². The molecular weight excluding hydrogens is 306 g/mol. The van der Waals surface area contributed by atoms with Gasteiger partial charge in [0.05, 0.1) is 28.7 Å². The van der Waals surface area contributed by atoms with Crippen molar-refractivity contribution in [1.29, 1.82) is 5.26 Å². The number of halogens is 1. The van der Waals surface area contributed by atoms with Crippen LogP contribution >= 0.6 is 11.6 Å². The smallest absolute Gasteiger partial charge is 0.0994 e. The van der Waals surface area contributed by atoms with Gasteiger partial charge < -0.3 is 4.90 Å². The fraction of sp³-hybridized carbons (Fsp3) is 0.263. The van der Waals surface area contributed by atoms with E-state index in [0.29, 0.717) is 17.0 Å². The van der Waals surface area contributed by atoms with Crippen LogP contribution in [0.25, 0.3) is 0 Å². The topological polar surface area (TPSA) is 39.4 Å². The summed E-state index contributed by atoms with van der Waals surface area (Å²) >= 11 is 6.54. The molecule has 2 aromatic carbocycles. The molecule has 0 atom stereocenters. The van der Waals surface area contributed by atoms with Gasteiger partial charge in [0.15, 0.2) is 0 Å². The van der Waals surface area contributed by atoms with Crippen LogP contribution in [0, 0.1) is 18.3 Å². The molecule has 0 bridgehead atoms. The van der Waals surface area contributed by atoms with E-state index in [9.17, 15) is 5.26 Å². The van der Waals surface area contributed by atoms with Crippen molar-refractivity contribution in [3.05, 3.63) is 63.7 Å². The molecule has 0 unspecified atom stereocenters. The van der Waals surface area contributed by atoms with Crippen molar-refractivity contribution in [1.82, 2.24) is 4.90 Å². The first-order valence-corrected chi connectivity index (χ1v) is 7.94. The molecule has 0 heterocycles. The number of nitrogens with zero attached hydrogens (tertiary/aromatic N) is 3. The third kappa shape index (κ3) is 4.34. The van der Waals surface area contributed by atoms with Crippen LogP contribution in [0.4, 0.5) is 5.69 Å². The van der Waals surface area contributed by atoms with Crippen molar-refractivity contribution in [2.75, 3.05) is 13.6 Å². The van der Waals surface area contributed by atoms with Gasteiger partial charge in [-0.1, -0.05) is 35.9 Å². The summed E-state index contributed by atoms with van der Waals surface area (Å²) in [5, 5.41) is 9.88. The first kappa shape index (κ1) is 17.1. The van der Waals surface area contributed by atoms with Crippen molar-refractivity contribution >= 4 is 23.6 Å². The molecule has 0 aliphatic carbocycles. The average molecular weight is 326 g/mol. The van der Waals surface area contributed by atoms with Crippen molar-refractivity contribution in [2.24, 2.45) is 4.99 Å². The monoisotopic (exact) mass is 325 g/mol. The first-order valence-electron chi connectivity index (χ1n) is 7.56. The molecule has 0 aliphatic heterocycles. The molecule has 0 amide bonds. The summed E-state index contributed by atoms with van der Waals surface area (Å²) in [7, 11) is 1.97. The Balaban J connectivity index is 2.38. The fourth-order valence-electron chi connectivity index (χ4n) is 2.28. The van der Waals surface area contributed by atoms with Crippen LogP contribution in [0.5, 0.6) is 0 Å². The molecule has 0 aromatic heterocycles. The Kier molecular flexibility index (Phi) is 5.78. The molecule has 4 heteroatoms. The second kappa shape index (κ2) is 7.80. The molecular formula is C19H20ClN3. The van der Waals surface area contributed by atoms with Crippen molar-refractivity contribution in [3.63, 3.8) is 0 Å². The fourth-order valence-corrected chi connectivity index (χ4v) is 2.50. The summed E-state index contributed by atoms with van der Waals surface area (Å²) < 4.78 is 0. The highest BCUT2D eigenvalue weighted by Crippen LogP contribution is 2.32. The minimum atomic E-state index is 0.621. The Morgan fingerprint density at radius 3 is 2.70 bits per heavy atom. The van der Waals surface area contributed by atoms with Crippen molar-refractivity contribution in [3.8, 4) is 6.07 Å². The zero-order valence-electron chi connectivity index (χ0n) is 13.7. The Morgan fingerprint density at radius 2 is 2.00 bits per heavy atom. The predicted molar refractivity (Wildman–Crippen MR) is 96.6 cm³/mol. The lowest BCUT2D eigenvalue weighted by atomic mass is 9.98. The van der Waals surface area contributed by atoms with Gasteiger partial charge in [0.2, 0.25) is 0 Å². The molecule has 23 heavy (non-hydrogen) atoms. The molecule has 0 radical (unpaired) electrons. The van der Waals surface area contributed by atoms with Gasteiger partial charge in [0.25, 0.3) is 0 Å². The van der Waals surface area contributed by atoms with Gasteiger partial charge in [-0.2, -0.15) is 5.26 Å². The number of aliphatic imine (C=N–C) groups is 1. The first-order chi connectivity index (χ1) is 11.0. The van der Waals surface area contributed by atoms with E-state index in [1.807, 2.05) is 49.2 Å². The maximum Gasteiger partial charge on any atom is 0.0994 e. The Labute approximate surface area is 142 Å². The number of hydrogen-bond donors (Lipinski definition) is 0. The Hall–Kier alpha value is -2.31. The molecule has 2 rings (SSSR count). The van der Waals surface area contributed by atoms with Crippen LogP contribution in [0.2, 0.25) is 5.02 Å². The Morgan fingerprint density at radius 1 is 1.26 bits per heavy atom. The van der Waals surface area contributed by atoms with Crippen LogP contribution < -0.4 is 0 Å². The predicted octanol–water partition coefficient (Wildman–Crippen LogP) is 4.72. The lowest BCUT2D eigenvalue weighted by Gasteiger charge is -2.12. The number of hydrogen-bond acceptors (Lipinski definition) is 2. The van der Waals surface area contributed by atoms with Crippen LogP contribution in [0.15, 0.2) is 41.4 Å². The van der Waals surface area contributed by atoms with Gasteiger partial charge in [-0.15, -0.1) is 0 Å². The third-order valence-corrected chi connectivity index (χ3v) is 4.12. The number of rotatable bonds is 5. The van der Waals surface area contributed by atoms with E-state index in [-0.39, 0.29) is 0 Å². The summed E-state index contributed by atoms with van der Waals surface area (Å²) in [5.41, 5.74) is 4.51. The van der Waals surface area contributed by atoms with E-state index in [1.54, 1.807) is 6.34 Å². The highest BCUT2D eigenvalue weighted by Gasteiger charge is 2.10. The van der Waals surface area contributed by atoms with E-state index < -0.39 is 0 Å². The molecule has 0 saturated carbocycles. The Bertz CT molecular complexity index is 760. The standard InChI is InChI=1S/C19H20ClN3/c1-4-23(3)13-22-18-10-14(2)9-17(19(18)20)11-15-7-5-6-8-16(15)12-21/h5-10,13H,4,11H2,1-3H3. The molecule has 118 valence electrons. The molecule has 0 saturated heterocycles. The zero-order chi connectivity index (χ0) is 16.8. The second-order valence-electron chi connectivity index (χ2n) is 5.52. The summed E-state index contributed by atoms with van der Waals surface area (Å²) in [5.74, 6) is 0. The molecule has 3 nitrogen and oxygen atoms in total. The van der Waals surface area contributed by atoms with E-state index >= 15 is 0 Å². The van der Waals surface area contributed by atoms with Crippen molar-refractivity contribution in [2.45, 2.75) is 20.3 Å². The summed E-state index contributed by atoms with van der Waals surface area (Å²) in [6, 6.07) is 13.9. The zero-order valence-corrected chi connectivity index (χ0v) is 14.4. The summed E-state index contributed by atoms with van der Waals surface area (Å²) in [6.07, 6.45) is 2.41. The lowest BCUT2D eigenvalue weighted by Crippen LogP contribution is -2.14. The molecule has 2 aromatic rings. The minimum absolute atomic E-state index is 0.621. The van der Waals surface area contributed by atoms with Gasteiger partial charge in [0, 0.05) is 20.0 Å². The molecule has 0 N–H and O–H groups in total. The van der Waals surface area contributed by atoms with Crippen LogP contribution in [0.1, 0.15) is 29.2 Å². The van der Waals surface area contributed by atoms with Crippen LogP contribution in [-0.2, 0) is 6.42 Å². The highest BCUT2D eigenvalue weighted by atomic mass is 35.5. The van der Waals surface area contributed by atoms with E-state index in [0.717, 1.165) is 28.9 Å². The lowest BCUT2D eigenvalue weighted by molar-refractivity contribution is 0.552. The molecule has 0 aliphatic rings. The average Bonchev–Trinajstić information content (AvgIpc) is 2.56. The van der Waals surface area contributed by atoms with E-state index in [2.05, 4.69) is 24.1 Å². The largest absolute Gasteiger partial charge is 0.366 e. The maximum atomic E-state index is 9.24. The second-order valence-corrected chi connectivity index (χ2v) is 5.90. The number of nitriles is 1. The SMILES string of the molecule is CCN(C)C=Nc1cc(C)cc(Cc2ccccc2C#N)c1Cl. The molecule has 0 spiro atoms.